The molecule has 0 aliphatic rings. The van der Waals surface area contributed by atoms with E-state index in [1.54, 1.807) is 7.11 Å². The number of aliphatic hydroxyl groups excluding tert-OH is 1. The van der Waals surface area contributed by atoms with Crippen LogP contribution < -0.4 is 4.74 Å². The highest BCUT2D eigenvalue weighted by Gasteiger charge is 2.31. The summed E-state index contributed by atoms with van der Waals surface area (Å²) in [4.78, 5) is 0. The van der Waals surface area contributed by atoms with E-state index in [0.29, 0.717) is 0 Å². The van der Waals surface area contributed by atoms with Gasteiger partial charge in [-0.15, -0.1) is 0 Å². The highest BCUT2D eigenvalue weighted by molar-refractivity contribution is 5.45. The van der Waals surface area contributed by atoms with E-state index in [4.69, 9.17) is 4.74 Å². The SMILES string of the molecule is COc1c(C)cc(C(O)C(C)(C)c2ccccc2)cc1C. The first-order chi connectivity index (χ1) is 9.87. The molecule has 0 amide bonds. The Kier molecular flexibility index (Phi) is 4.38. The molecule has 0 fully saturated rings. The minimum atomic E-state index is -0.566. The molecule has 1 atom stereocenters. The van der Waals surface area contributed by atoms with E-state index in [1.165, 1.54) is 0 Å². The van der Waals surface area contributed by atoms with Crippen molar-refractivity contribution in [3.63, 3.8) is 0 Å². The van der Waals surface area contributed by atoms with Crippen molar-refractivity contribution >= 4 is 0 Å². The number of ether oxygens (including phenoxy) is 1. The number of aryl methyl sites for hydroxylation is 2. The highest BCUT2D eigenvalue weighted by Crippen LogP contribution is 2.38. The number of rotatable bonds is 4. The molecule has 0 saturated carbocycles. The lowest BCUT2D eigenvalue weighted by Gasteiger charge is -2.32. The summed E-state index contributed by atoms with van der Waals surface area (Å²) in [6.07, 6.45) is -0.566. The zero-order valence-corrected chi connectivity index (χ0v) is 13.5. The largest absolute Gasteiger partial charge is 0.496 e. The van der Waals surface area contributed by atoms with Crippen molar-refractivity contribution < 1.29 is 9.84 Å². The van der Waals surface area contributed by atoms with Gasteiger partial charge in [-0.05, 0) is 48.2 Å². The molecule has 112 valence electrons. The Morgan fingerprint density at radius 1 is 1.00 bits per heavy atom. The van der Waals surface area contributed by atoms with Gasteiger partial charge in [0.1, 0.15) is 5.75 Å². The molecule has 2 heteroatoms. The van der Waals surface area contributed by atoms with E-state index in [2.05, 4.69) is 26.0 Å². The maximum Gasteiger partial charge on any atom is 0.124 e. The third-order valence-electron chi connectivity index (χ3n) is 4.20. The Morgan fingerprint density at radius 2 is 1.52 bits per heavy atom. The highest BCUT2D eigenvalue weighted by atomic mass is 16.5. The Balaban J connectivity index is 2.42. The molecule has 0 aliphatic heterocycles. The van der Waals surface area contributed by atoms with Crippen molar-refractivity contribution in [3.05, 3.63) is 64.7 Å². The van der Waals surface area contributed by atoms with Crippen molar-refractivity contribution in [2.45, 2.75) is 39.2 Å². The van der Waals surface area contributed by atoms with Gasteiger partial charge >= 0.3 is 0 Å². The van der Waals surface area contributed by atoms with Gasteiger partial charge in [-0.25, -0.2) is 0 Å². The standard InChI is InChI=1S/C19H24O2/c1-13-11-15(12-14(2)17(13)21-5)18(20)19(3,4)16-9-7-6-8-10-16/h6-12,18,20H,1-5H3. The van der Waals surface area contributed by atoms with E-state index in [1.807, 2.05) is 44.2 Å². The van der Waals surface area contributed by atoms with Crippen LogP contribution in [0.5, 0.6) is 5.75 Å². The Morgan fingerprint density at radius 3 is 2.00 bits per heavy atom. The lowest BCUT2D eigenvalue weighted by atomic mass is 9.76. The summed E-state index contributed by atoms with van der Waals surface area (Å²) < 4.78 is 5.40. The third-order valence-corrected chi connectivity index (χ3v) is 4.20. The molecule has 0 aromatic heterocycles. The first-order valence-electron chi connectivity index (χ1n) is 7.26. The summed E-state index contributed by atoms with van der Waals surface area (Å²) in [5.74, 6) is 0.892. The summed E-state index contributed by atoms with van der Waals surface area (Å²) in [5.41, 5.74) is 3.81. The Bertz CT molecular complexity index is 592. The second-order valence-electron chi connectivity index (χ2n) is 6.18. The summed E-state index contributed by atoms with van der Waals surface area (Å²) in [5, 5.41) is 10.9. The van der Waals surface area contributed by atoms with Gasteiger partial charge in [0.25, 0.3) is 0 Å². The molecular formula is C19H24O2. The Hall–Kier alpha value is -1.80. The molecule has 2 nitrogen and oxygen atoms in total. The number of hydrogen-bond acceptors (Lipinski definition) is 2. The fourth-order valence-corrected chi connectivity index (χ4v) is 2.91. The number of aliphatic hydroxyl groups is 1. The number of hydrogen-bond donors (Lipinski definition) is 1. The predicted octanol–water partition coefficient (Wildman–Crippen LogP) is 4.32. The van der Waals surface area contributed by atoms with Crippen LogP contribution in [0.3, 0.4) is 0 Å². The molecular weight excluding hydrogens is 260 g/mol. The molecule has 0 aliphatic carbocycles. The van der Waals surface area contributed by atoms with Crippen LogP contribution in [-0.4, -0.2) is 12.2 Å². The van der Waals surface area contributed by atoms with Crippen LogP contribution in [0.15, 0.2) is 42.5 Å². The fraction of sp³-hybridized carbons (Fsp3) is 0.368. The molecule has 0 heterocycles. The molecule has 2 aromatic rings. The molecule has 21 heavy (non-hydrogen) atoms. The van der Waals surface area contributed by atoms with Crippen LogP contribution in [0, 0.1) is 13.8 Å². The smallest absolute Gasteiger partial charge is 0.124 e. The molecule has 0 radical (unpaired) electrons. The van der Waals surface area contributed by atoms with E-state index in [9.17, 15) is 5.11 Å². The number of methoxy groups -OCH3 is 1. The van der Waals surface area contributed by atoms with Crippen molar-refractivity contribution in [2.24, 2.45) is 0 Å². The fourth-order valence-electron chi connectivity index (χ4n) is 2.91. The molecule has 0 bridgehead atoms. The van der Waals surface area contributed by atoms with Crippen molar-refractivity contribution in [1.29, 1.82) is 0 Å². The Labute approximate surface area is 127 Å². The molecule has 0 saturated heterocycles. The summed E-state index contributed by atoms with van der Waals surface area (Å²) in [6, 6.07) is 14.2. The quantitative estimate of drug-likeness (QED) is 0.906. The molecule has 1 N–H and O–H groups in total. The van der Waals surface area contributed by atoms with E-state index >= 15 is 0 Å². The second kappa shape index (κ2) is 5.90. The maximum atomic E-state index is 10.9. The van der Waals surface area contributed by atoms with E-state index in [0.717, 1.165) is 28.0 Å². The van der Waals surface area contributed by atoms with Gasteiger partial charge in [-0.3, -0.25) is 0 Å². The first-order valence-corrected chi connectivity index (χ1v) is 7.26. The van der Waals surface area contributed by atoms with Crippen LogP contribution >= 0.6 is 0 Å². The minimum Gasteiger partial charge on any atom is -0.496 e. The summed E-state index contributed by atoms with van der Waals surface area (Å²) >= 11 is 0. The van der Waals surface area contributed by atoms with E-state index in [-0.39, 0.29) is 5.41 Å². The maximum absolute atomic E-state index is 10.9. The van der Waals surface area contributed by atoms with Crippen molar-refractivity contribution in [1.82, 2.24) is 0 Å². The average Bonchev–Trinajstić information content (AvgIpc) is 2.47. The van der Waals surface area contributed by atoms with Gasteiger partial charge in [0.05, 0.1) is 13.2 Å². The average molecular weight is 284 g/mol. The molecule has 2 rings (SSSR count). The monoisotopic (exact) mass is 284 g/mol. The first kappa shape index (κ1) is 15.6. The molecule has 2 aromatic carbocycles. The van der Waals surface area contributed by atoms with Crippen molar-refractivity contribution in [2.75, 3.05) is 7.11 Å². The van der Waals surface area contributed by atoms with Crippen LogP contribution in [0.4, 0.5) is 0 Å². The van der Waals surface area contributed by atoms with Crippen LogP contribution in [-0.2, 0) is 5.41 Å². The lowest BCUT2D eigenvalue weighted by Crippen LogP contribution is -2.27. The summed E-state index contributed by atoms with van der Waals surface area (Å²) in [7, 11) is 1.68. The zero-order chi connectivity index (χ0) is 15.6. The zero-order valence-electron chi connectivity index (χ0n) is 13.5. The van der Waals surface area contributed by atoms with Crippen LogP contribution in [0.1, 0.15) is 42.2 Å². The molecule has 1 unspecified atom stereocenters. The normalized spacial score (nSPS) is 13.0. The van der Waals surface area contributed by atoms with Crippen molar-refractivity contribution in [3.8, 4) is 5.75 Å². The van der Waals surface area contributed by atoms with Gasteiger partial charge in [0.2, 0.25) is 0 Å². The van der Waals surface area contributed by atoms with Gasteiger partial charge in [-0.1, -0.05) is 44.2 Å². The lowest BCUT2D eigenvalue weighted by molar-refractivity contribution is 0.100. The minimum absolute atomic E-state index is 0.352. The van der Waals surface area contributed by atoms with Crippen LogP contribution in [0.25, 0.3) is 0 Å². The van der Waals surface area contributed by atoms with Gasteiger partial charge < -0.3 is 9.84 Å². The van der Waals surface area contributed by atoms with E-state index < -0.39 is 6.10 Å². The van der Waals surface area contributed by atoms with Gasteiger partial charge in [0, 0.05) is 5.41 Å². The predicted molar refractivity (Wildman–Crippen MR) is 86.9 cm³/mol. The summed E-state index contributed by atoms with van der Waals surface area (Å²) in [6.45, 7) is 8.17. The topological polar surface area (TPSA) is 29.5 Å². The van der Waals surface area contributed by atoms with Gasteiger partial charge in [-0.2, -0.15) is 0 Å². The second-order valence-corrected chi connectivity index (χ2v) is 6.18. The van der Waals surface area contributed by atoms with Gasteiger partial charge in [0.15, 0.2) is 0 Å². The third kappa shape index (κ3) is 2.96. The van der Waals surface area contributed by atoms with Crippen LogP contribution in [0.2, 0.25) is 0 Å². The molecule has 0 spiro atoms. The number of benzene rings is 2.